The smallest absolute Gasteiger partial charge is 0.201 e. The van der Waals surface area contributed by atoms with Gasteiger partial charge in [-0.15, -0.1) is 0 Å². The van der Waals surface area contributed by atoms with Crippen LogP contribution in [0.3, 0.4) is 0 Å². The number of ketones is 1. The average molecular weight is 190 g/mol. The van der Waals surface area contributed by atoms with E-state index < -0.39 is 0 Å². The Morgan fingerprint density at radius 1 is 1.29 bits per heavy atom. The van der Waals surface area contributed by atoms with Crippen LogP contribution in [0.2, 0.25) is 0 Å². The van der Waals surface area contributed by atoms with Crippen molar-refractivity contribution in [2.45, 2.75) is 25.7 Å². The summed E-state index contributed by atoms with van der Waals surface area (Å²) in [5.74, 6) is 2.46. The predicted octanol–water partition coefficient (Wildman–Crippen LogP) is 2.90. The molecule has 3 rings (SSSR count). The van der Waals surface area contributed by atoms with Gasteiger partial charge in [-0.2, -0.15) is 0 Å². The molecule has 0 radical (unpaired) electrons. The molecule has 1 heterocycles. The van der Waals surface area contributed by atoms with Gasteiger partial charge < -0.3 is 4.42 Å². The van der Waals surface area contributed by atoms with Gasteiger partial charge in [-0.1, -0.05) is 12.8 Å². The highest BCUT2D eigenvalue weighted by molar-refractivity contribution is 5.97. The second kappa shape index (κ2) is 2.97. The van der Waals surface area contributed by atoms with Gasteiger partial charge >= 0.3 is 0 Å². The van der Waals surface area contributed by atoms with Gasteiger partial charge in [-0.05, 0) is 36.8 Å². The SMILES string of the molecule is O=C(c1ccco1)C1C2CCCCC21. The maximum absolute atomic E-state index is 11.9. The summed E-state index contributed by atoms with van der Waals surface area (Å²) in [6.07, 6.45) is 6.70. The molecule has 2 heteroatoms. The van der Waals surface area contributed by atoms with Crippen LogP contribution in [0.25, 0.3) is 0 Å². The topological polar surface area (TPSA) is 30.2 Å². The molecule has 2 saturated carbocycles. The Kier molecular flexibility index (Phi) is 1.76. The monoisotopic (exact) mass is 190 g/mol. The lowest BCUT2D eigenvalue weighted by Gasteiger charge is -2.04. The fraction of sp³-hybridized carbons (Fsp3) is 0.583. The second-order valence-corrected chi connectivity index (χ2v) is 4.48. The van der Waals surface area contributed by atoms with Crippen molar-refractivity contribution in [1.82, 2.24) is 0 Å². The summed E-state index contributed by atoms with van der Waals surface area (Å²) in [6.45, 7) is 0. The van der Waals surface area contributed by atoms with Gasteiger partial charge in [0.05, 0.1) is 6.26 Å². The van der Waals surface area contributed by atoms with E-state index in [1.54, 1.807) is 18.4 Å². The highest BCUT2D eigenvalue weighted by atomic mass is 16.3. The van der Waals surface area contributed by atoms with Crippen LogP contribution in [-0.4, -0.2) is 5.78 Å². The predicted molar refractivity (Wildman–Crippen MR) is 52.0 cm³/mol. The van der Waals surface area contributed by atoms with Crippen molar-refractivity contribution in [2.24, 2.45) is 17.8 Å². The van der Waals surface area contributed by atoms with Crippen molar-refractivity contribution < 1.29 is 9.21 Å². The summed E-state index contributed by atoms with van der Waals surface area (Å²) < 4.78 is 5.15. The molecule has 1 aromatic rings. The summed E-state index contributed by atoms with van der Waals surface area (Å²) in [5, 5.41) is 0. The minimum Gasteiger partial charge on any atom is -0.461 e. The maximum atomic E-state index is 11.9. The highest BCUT2D eigenvalue weighted by Gasteiger charge is 2.55. The Balaban J connectivity index is 1.76. The molecule has 0 aromatic carbocycles. The molecule has 2 aliphatic rings. The van der Waals surface area contributed by atoms with Crippen molar-refractivity contribution in [3.8, 4) is 0 Å². The van der Waals surface area contributed by atoms with Gasteiger partial charge in [-0.3, -0.25) is 4.79 Å². The standard InChI is InChI=1S/C12H14O2/c13-12(10-6-3-7-14-10)11-8-4-1-2-5-9(8)11/h3,6-9,11H,1-2,4-5H2. The van der Waals surface area contributed by atoms with Gasteiger partial charge in [0.15, 0.2) is 5.76 Å². The fourth-order valence-electron chi connectivity index (χ4n) is 2.96. The summed E-state index contributed by atoms with van der Waals surface area (Å²) in [4.78, 5) is 11.9. The molecule has 0 aliphatic heterocycles. The van der Waals surface area contributed by atoms with Gasteiger partial charge in [0.25, 0.3) is 0 Å². The van der Waals surface area contributed by atoms with Crippen molar-refractivity contribution in [3.63, 3.8) is 0 Å². The lowest BCUT2D eigenvalue weighted by atomic mass is 10.0. The first-order valence-corrected chi connectivity index (χ1v) is 5.45. The Morgan fingerprint density at radius 2 is 2.00 bits per heavy atom. The van der Waals surface area contributed by atoms with Crippen molar-refractivity contribution in [1.29, 1.82) is 0 Å². The molecule has 0 bridgehead atoms. The molecule has 0 saturated heterocycles. The van der Waals surface area contributed by atoms with E-state index in [2.05, 4.69) is 0 Å². The first kappa shape index (κ1) is 8.27. The second-order valence-electron chi connectivity index (χ2n) is 4.48. The van der Waals surface area contributed by atoms with Gasteiger partial charge in [0, 0.05) is 5.92 Å². The van der Waals surface area contributed by atoms with Crippen LogP contribution >= 0.6 is 0 Å². The van der Waals surface area contributed by atoms with Crippen LogP contribution < -0.4 is 0 Å². The van der Waals surface area contributed by atoms with Crippen molar-refractivity contribution in [3.05, 3.63) is 24.2 Å². The Labute approximate surface area is 83.3 Å². The van der Waals surface area contributed by atoms with E-state index in [9.17, 15) is 4.79 Å². The number of Topliss-reactive ketones (excluding diaryl/α,β-unsaturated/α-hetero) is 1. The van der Waals surface area contributed by atoms with Crippen LogP contribution in [0.15, 0.2) is 22.8 Å². The third-order valence-corrected chi connectivity index (χ3v) is 3.72. The van der Waals surface area contributed by atoms with E-state index in [1.807, 2.05) is 0 Å². The van der Waals surface area contributed by atoms with Crippen LogP contribution in [0, 0.1) is 17.8 Å². The zero-order chi connectivity index (χ0) is 9.54. The van der Waals surface area contributed by atoms with Crippen LogP contribution in [0.1, 0.15) is 36.2 Å². The number of rotatable bonds is 2. The first-order chi connectivity index (χ1) is 6.88. The fourth-order valence-corrected chi connectivity index (χ4v) is 2.96. The van der Waals surface area contributed by atoms with E-state index in [1.165, 1.54) is 25.7 Å². The van der Waals surface area contributed by atoms with E-state index in [0.717, 1.165) is 0 Å². The van der Waals surface area contributed by atoms with E-state index in [-0.39, 0.29) is 5.78 Å². The molecular weight excluding hydrogens is 176 g/mol. The molecule has 2 aliphatic carbocycles. The number of carbonyl (C=O) groups is 1. The molecular formula is C12H14O2. The number of carbonyl (C=O) groups excluding carboxylic acids is 1. The van der Waals surface area contributed by atoms with Crippen LogP contribution in [0.4, 0.5) is 0 Å². The largest absolute Gasteiger partial charge is 0.461 e. The molecule has 1 aromatic heterocycles. The molecule has 0 spiro atoms. The van der Waals surface area contributed by atoms with Gasteiger partial charge in [0.2, 0.25) is 5.78 Å². The van der Waals surface area contributed by atoms with Crippen LogP contribution in [0.5, 0.6) is 0 Å². The Hall–Kier alpha value is -1.05. The average Bonchev–Trinajstić information content (AvgIpc) is 2.70. The normalized spacial score (nSPS) is 35.0. The third kappa shape index (κ3) is 1.13. The zero-order valence-electron chi connectivity index (χ0n) is 8.11. The molecule has 2 unspecified atom stereocenters. The summed E-state index contributed by atoms with van der Waals surface area (Å²) in [7, 11) is 0. The molecule has 0 N–H and O–H groups in total. The minimum atomic E-state index is 0.243. The molecule has 2 nitrogen and oxygen atoms in total. The number of hydrogen-bond acceptors (Lipinski definition) is 2. The third-order valence-electron chi connectivity index (χ3n) is 3.72. The maximum Gasteiger partial charge on any atom is 0.201 e. The highest BCUT2D eigenvalue weighted by Crippen LogP contribution is 2.56. The lowest BCUT2D eigenvalue weighted by Crippen LogP contribution is -2.02. The minimum absolute atomic E-state index is 0.243. The molecule has 2 fully saturated rings. The number of fused-ring (bicyclic) bond motifs is 1. The van der Waals surface area contributed by atoms with E-state index >= 15 is 0 Å². The first-order valence-electron chi connectivity index (χ1n) is 5.45. The number of furan rings is 1. The molecule has 14 heavy (non-hydrogen) atoms. The summed E-state index contributed by atoms with van der Waals surface area (Å²) >= 11 is 0. The van der Waals surface area contributed by atoms with Crippen molar-refractivity contribution in [2.75, 3.05) is 0 Å². The quantitative estimate of drug-likeness (QED) is 0.671. The van der Waals surface area contributed by atoms with Crippen LogP contribution in [-0.2, 0) is 0 Å². The van der Waals surface area contributed by atoms with E-state index in [4.69, 9.17) is 4.42 Å². The molecule has 2 atom stereocenters. The molecule has 0 amide bonds. The Bertz CT molecular complexity index is 327. The molecule has 74 valence electrons. The summed E-state index contributed by atoms with van der Waals surface area (Å²) in [5.41, 5.74) is 0. The van der Waals surface area contributed by atoms with E-state index in [0.29, 0.717) is 23.5 Å². The van der Waals surface area contributed by atoms with Gasteiger partial charge in [-0.25, -0.2) is 0 Å². The van der Waals surface area contributed by atoms with Gasteiger partial charge in [0.1, 0.15) is 0 Å². The summed E-state index contributed by atoms with van der Waals surface area (Å²) in [6, 6.07) is 3.58. The lowest BCUT2D eigenvalue weighted by molar-refractivity contribution is 0.0929. The zero-order valence-corrected chi connectivity index (χ0v) is 8.11. The number of hydrogen-bond donors (Lipinski definition) is 0. The Morgan fingerprint density at radius 3 is 2.57 bits per heavy atom. The van der Waals surface area contributed by atoms with Crippen molar-refractivity contribution >= 4 is 5.78 Å².